The van der Waals surface area contributed by atoms with Gasteiger partial charge in [-0.15, -0.1) is 0 Å². The highest BCUT2D eigenvalue weighted by Gasteiger charge is 2.31. The Hall–Kier alpha value is -1.02. The van der Waals surface area contributed by atoms with Crippen LogP contribution in [0.3, 0.4) is 0 Å². The van der Waals surface area contributed by atoms with E-state index in [-0.39, 0.29) is 6.29 Å². The smallest absolute Gasteiger partial charge is 0.217 e. The Morgan fingerprint density at radius 1 is 1.33 bits per heavy atom. The summed E-state index contributed by atoms with van der Waals surface area (Å²) in [6.07, 6.45) is -4.72. The van der Waals surface area contributed by atoms with Crippen molar-refractivity contribution < 1.29 is 30.0 Å². The van der Waals surface area contributed by atoms with Crippen LogP contribution in [0.2, 0.25) is 0 Å². The maximum absolute atomic E-state index is 10.6. The summed E-state index contributed by atoms with van der Waals surface area (Å²) >= 11 is 0. The molecule has 0 aliphatic rings. The van der Waals surface area contributed by atoms with Crippen LogP contribution in [0.15, 0.2) is 0 Å². The number of hydrogen-bond donors (Lipinski definition) is 5. The average Bonchev–Trinajstić information content (AvgIpc) is 2.22. The van der Waals surface area contributed by atoms with Crippen molar-refractivity contribution in [1.29, 1.82) is 0 Å². The zero-order valence-corrected chi connectivity index (χ0v) is 8.20. The quantitative estimate of drug-likeness (QED) is 0.300. The zero-order valence-electron chi connectivity index (χ0n) is 8.20. The number of aliphatic hydroxyl groups is 4. The molecule has 0 radical (unpaired) electrons. The molecule has 4 atom stereocenters. The third-order valence-corrected chi connectivity index (χ3v) is 1.82. The summed E-state index contributed by atoms with van der Waals surface area (Å²) in [6, 6.07) is -1.32. The van der Waals surface area contributed by atoms with Crippen LogP contribution in [0.25, 0.3) is 0 Å². The summed E-state index contributed by atoms with van der Waals surface area (Å²) in [7, 11) is 0. The van der Waals surface area contributed by atoms with Gasteiger partial charge in [-0.25, -0.2) is 0 Å². The van der Waals surface area contributed by atoms with E-state index in [9.17, 15) is 19.8 Å². The van der Waals surface area contributed by atoms with E-state index in [1.165, 1.54) is 0 Å². The minimum Gasteiger partial charge on any atom is -0.394 e. The highest BCUT2D eigenvalue weighted by Crippen LogP contribution is 2.03. The minimum atomic E-state index is -1.71. The molecule has 1 amide bonds. The molecule has 0 heterocycles. The number of nitrogens with one attached hydrogen (secondary N) is 1. The Morgan fingerprint density at radius 3 is 2.20 bits per heavy atom. The molecule has 7 nitrogen and oxygen atoms in total. The highest BCUT2D eigenvalue weighted by molar-refractivity contribution is 5.77. The van der Waals surface area contributed by atoms with E-state index in [1.54, 1.807) is 0 Å². The number of aliphatic hydroxyl groups excluding tert-OH is 4. The van der Waals surface area contributed by atoms with Crippen LogP contribution in [0.5, 0.6) is 0 Å². The van der Waals surface area contributed by atoms with Gasteiger partial charge in [0.1, 0.15) is 30.6 Å². The van der Waals surface area contributed by atoms with Crippen molar-refractivity contribution >= 4 is 12.2 Å². The Kier molecular flexibility index (Phi) is 6.02. The van der Waals surface area contributed by atoms with E-state index in [1.807, 2.05) is 0 Å². The molecule has 0 rings (SSSR count). The standard InChI is InChI=1S/C8H15NO6/c1-4(12)9-5(2-10)7(14)8(15)6(13)3-11/h2,5-8,11,13-15H,3H2,1H3,(H,9,12)/t5-,6-,7+,8+/m1/s1. The first-order valence-electron chi connectivity index (χ1n) is 4.31. The third kappa shape index (κ3) is 4.34. The number of amides is 1. The molecule has 0 aliphatic carbocycles. The zero-order chi connectivity index (χ0) is 12.0. The van der Waals surface area contributed by atoms with Crippen LogP contribution in [-0.4, -0.2) is 63.6 Å². The van der Waals surface area contributed by atoms with E-state index >= 15 is 0 Å². The van der Waals surface area contributed by atoms with Crippen molar-refractivity contribution in [3.05, 3.63) is 0 Å². The van der Waals surface area contributed by atoms with Gasteiger partial charge < -0.3 is 30.5 Å². The molecule has 0 fully saturated rings. The van der Waals surface area contributed by atoms with Crippen molar-refractivity contribution in [2.24, 2.45) is 0 Å². The van der Waals surface area contributed by atoms with Gasteiger partial charge in [0.15, 0.2) is 0 Å². The van der Waals surface area contributed by atoms with Gasteiger partial charge in [0.2, 0.25) is 5.91 Å². The molecule has 0 aliphatic heterocycles. The summed E-state index contributed by atoms with van der Waals surface area (Å²) in [5.41, 5.74) is 0. The number of aldehydes is 1. The summed E-state index contributed by atoms with van der Waals surface area (Å²) in [4.78, 5) is 21.1. The van der Waals surface area contributed by atoms with Gasteiger partial charge in [-0.3, -0.25) is 4.79 Å². The molecule has 0 saturated heterocycles. The molecule has 88 valence electrons. The Morgan fingerprint density at radius 2 is 1.87 bits per heavy atom. The molecule has 0 unspecified atom stereocenters. The van der Waals surface area contributed by atoms with Gasteiger partial charge in [-0.2, -0.15) is 0 Å². The Balaban J connectivity index is 4.42. The van der Waals surface area contributed by atoms with Crippen molar-refractivity contribution in [1.82, 2.24) is 5.32 Å². The fourth-order valence-corrected chi connectivity index (χ4v) is 0.983. The van der Waals surface area contributed by atoms with Crippen LogP contribution < -0.4 is 5.32 Å². The molecule has 0 spiro atoms. The summed E-state index contributed by atoms with van der Waals surface area (Å²) in [5, 5.41) is 38.2. The van der Waals surface area contributed by atoms with Crippen molar-refractivity contribution in [2.75, 3.05) is 6.61 Å². The van der Waals surface area contributed by atoms with Crippen LogP contribution in [0, 0.1) is 0 Å². The van der Waals surface area contributed by atoms with Gasteiger partial charge in [-0.05, 0) is 0 Å². The van der Waals surface area contributed by atoms with Gasteiger partial charge in [-0.1, -0.05) is 0 Å². The van der Waals surface area contributed by atoms with Crippen LogP contribution in [0.1, 0.15) is 6.92 Å². The summed E-state index contributed by atoms with van der Waals surface area (Å²) < 4.78 is 0. The number of carbonyl (C=O) groups excluding carboxylic acids is 2. The van der Waals surface area contributed by atoms with Crippen LogP contribution in [-0.2, 0) is 9.59 Å². The molecular weight excluding hydrogens is 206 g/mol. The molecule has 0 aromatic heterocycles. The van der Waals surface area contributed by atoms with E-state index in [2.05, 4.69) is 5.32 Å². The lowest BCUT2D eigenvalue weighted by atomic mass is 10.0. The topological polar surface area (TPSA) is 127 Å². The Labute approximate surface area is 86.3 Å². The second-order valence-corrected chi connectivity index (χ2v) is 3.09. The predicted octanol–water partition coefficient (Wildman–Crippen LogP) is -3.23. The minimum absolute atomic E-state index is 0.235. The lowest BCUT2D eigenvalue weighted by Crippen LogP contribution is -2.53. The molecule has 0 bridgehead atoms. The SMILES string of the molecule is CC(=O)N[C@H](C=O)[C@H](O)[C@@H](O)[C@H](O)CO. The summed E-state index contributed by atoms with van der Waals surface area (Å²) in [6.45, 7) is 0.377. The molecule has 15 heavy (non-hydrogen) atoms. The number of hydrogen-bond acceptors (Lipinski definition) is 6. The monoisotopic (exact) mass is 221 g/mol. The van der Waals surface area contributed by atoms with Gasteiger partial charge in [0, 0.05) is 6.92 Å². The molecular formula is C8H15NO6. The lowest BCUT2D eigenvalue weighted by Gasteiger charge is -2.25. The van der Waals surface area contributed by atoms with Gasteiger partial charge in [0.05, 0.1) is 6.61 Å². The fourth-order valence-electron chi connectivity index (χ4n) is 0.983. The van der Waals surface area contributed by atoms with Crippen molar-refractivity contribution in [3.63, 3.8) is 0 Å². The highest BCUT2D eigenvalue weighted by atomic mass is 16.4. The van der Waals surface area contributed by atoms with Crippen molar-refractivity contribution in [3.8, 4) is 0 Å². The summed E-state index contributed by atoms with van der Waals surface area (Å²) in [5.74, 6) is -0.558. The third-order valence-electron chi connectivity index (χ3n) is 1.82. The predicted molar refractivity (Wildman–Crippen MR) is 48.8 cm³/mol. The van der Waals surface area contributed by atoms with E-state index in [4.69, 9.17) is 10.2 Å². The normalized spacial score (nSPS) is 18.7. The first-order chi connectivity index (χ1) is 6.93. The van der Waals surface area contributed by atoms with Crippen LogP contribution in [0.4, 0.5) is 0 Å². The van der Waals surface area contributed by atoms with Gasteiger partial charge in [0.25, 0.3) is 0 Å². The molecule has 7 heteroatoms. The first kappa shape index (κ1) is 14.0. The maximum atomic E-state index is 10.6. The lowest BCUT2D eigenvalue weighted by molar-refractivity contribution is -0.129. The van der Waals surface area contributed by atoms with E-state index in [0.29, 0.717) is 0 Å². The molecule has 0 saturated carbocycles. The number of carbonyl (C=O) groups is 2. The second-order valence-electron chi connectivity index (χ2n) is 3.09. The number of rotatable bonds is 6. The fraction of sp³-hybridized carbons (Fsp3) is 0.750. The first-order valence-corrected chi connectivity index (χ1v) is 4.31. The Bertz CT molecular complexity index is 221. The maximum Gasteiger partial charge on any atom is 0.217 e. The molecule has 5 N–H and O–H groups in total. The molecule has 0 aromatic rings. The largest absolute Gasteiger partial charge is 0.394 e. The van der Waals surface area contributed by atoms with Crippen LogP contribution >= 0.6 is 0 Å². The van der Waals surface area contributed by atoms with E-state index < -0.39 is 36.9 Å². The average molecular weight is 221 g/mol. The van der Waals surface area contributed by atoms with Crippen molar-refractivity contribution in [2.45, 2.75) is 31.3 Å². The van der Waals surface area contributed by atoms with E-state index in [0.717, 1.165) is 6.92 Å². The molecule has 0 aromatic carbocycles. The second kappa shape index (κ2) is 6.46. The van der Waals surface area contributed by atoms with Gasteiger partial charge >= 0.3 is 0 Å².